The quantitative estimate of drug-likeness (QED) is 0.764. The van der Waals surface area contributed by atoms with Crippen LogP contribution in [0.25, 0.3) is 0 Å². The third-order valence-electron chi connectivity index (χ3n) is 2.96. The summed E-state index contributed by atoms with van der Waals surface area (Å²) >= 11 is 0. The van der Waals surface area contributed by atoms with Gasteiger partial charge in [0, 0.05) is 12.1 Å². The van der Waals surface area contributed by atoms with Gasteiger partial charge in [0.1, 0.15) is 0 Å². The number of aliphatic hydroxyl groups is 1. The van der Waals surface area contributed by atoms with Gasteiger partial charge in [-0.1, -0.05) is 6.92 Å². The van der Waals surface area contributed by atoms with Crippen molar-refractivity contribution in [2.45, 2.75) is 32.8 Å². The van der Waals surface area contributed by atoms with Crippen molar-refractivity contribution in [3.05, 3.63) is 23.8 Å². The van der Waals surface area contributed by atoms with Crippen LogP contribution in [0.2, 0.25) is 0 Å². The predicted molar refractivity (Wildman–Crippen MR) is 77.4 cm³/mol. The molecule has 0 saturated carbocycles. The van der Waals surface area contributed by atoms with Crippen molar-refractivity contribution >= 4 is 5.91 Å². The Kier molecular flexibility index (Phi) is 6.87. The summed E-state index contributed by atoms with van der Waals surface area (Å²) in [4.78, 5) is 12.0. The summed E-state index contributed by atoms with van der Waals surface area (Å²) in [5, 5.41) is 12.2. The molecular formula is C15H23NO4. The molecule has 1 rings (SSSR count). The summed E-state index contributed by atoms with van der Waals surface area (Å²) in [6.07, 6.45) is 0.869. The van der Waals surface area contributed by atoms with Gasteiger partial charge in [-0.25, -0.2) is 0 Å². The molecule has 20 heavy (non-hydrogen) atoms. The molecule has 0 aliphatic rings. The van der Waals surface area contributed by atoms with Gasteiger partial charge in [-0.2, -0.15) is 0 Å². The summed E-state index contributed by atoms with van der Waals surface area (Å²) in [6.45, 7) is 4.78. The average Bonchev–Trinajstić information content (AvgIpc) is 2.47. The molecule has 0 spiro atoms. The fraction of sp³-hybridized carbons (Fsp3) is 0.533. The normalized spacial score (nSPS) is 11.8. The Morgan fingerprint density at radius 2 is 2.10 bits per heavy atom. The number of ether oxygens (including phenoxy) is 2. The largest absolute Gasteiger partial charge is 0.493 e. The van der Waals surface area contributed by atoms with Crippen molar-refractivity contribution in [2.24, 2.45) is 0 Å². The van der Waals surface area contributed by atoms with Crippen LogP contribution in [0.5, 0.6) is 11.5 Å². The van der Waals surface area contributed by atoms with Gasteiger partial charge in [-0.05, 0) is 38.0 Å². The van der Waals surface area contributed by atoms with Gasteiger partial charge in [0.05, 0.1) is 19.8 Å². The molecular weight excluding hydrogens is 258 g/mol. The zero-order valence-electron chi connectivity index (χ0n) is 12.3. The lowest BCUT2D eigenvalue weighted by atomic mass is 10.1. The number of carbonyl (C=O) groups is 1. The van der Waals surface area contributed by atoms with Crippen LogP contribution < -0.4 is 14.8 Å². The molecule has 0 radical (unpaired) electrons. The number of amides is 1. The molecule has 1 amide bonds. The van der Waals surface area contributed by atoms with Crippen LogP contribution in [0, 0.1) is 0 Å². The van der Waals surface area contributed by atoms with E-state index in [1.54, 1.807) is 18.2 Å². The Morgan fingerprint density at radius 1 is 1.35 bits per heavy atom. The highest BCUT2D eigenvalue weighted by Crippen LogP contribution is 2.27. The van der Waals surface area contributed by atoms with Crippen molar-refractivity contribution in [3.8, 4) is 11.5 Å². The van der Waals surface area contributed by atoms with E-state index in [1.165, 1.54) is 7.11 Å². The van der Waals surface area contributed by atoms with E-state index in [9.17, 15) is 9.90 Å². The molecule has 112 valence electrons. The number of benzene rings is 1. The SMILES string of the molecule is CCOc1ccc(C(=O)NCCC(O)CC)cc1OC. The molecule has 0 aromatic heterocycles. The van der Waals surface area contributed by atoms with Gasteiger partial charge in [-0.3, -0.25) is 4.79 Å². The van der Waals surface area contributed by atoms with Crippen LogP contribution in [-0.2, 0) is 0 Å². The summed E-state index contributed by atoms with van der Waals surface area (Å²) in [5.74, 6) is 0.968. The highest BCUT2D eigenvalue weighted by molar-refractivity contribution is 5.94. The van der Waals surface area contributed by atoms with Gasteiger partial charge < -0.3 is 19.9 Å². The van der Waals surface area contributed by atoms with Crippen LogP contribution in [0.4, 0.5) is 0 Å². The summed E-state index contributed by atoms with van der Waals surface area (Å²) in [6, 6.07) is 5.06. The second kappa shape index (κ2) is 8.43. The van der Waals surface area contributed by atoms with E-state index >= 15 is 0 Å². The minimum absolute atomic E-state index is 0.186. The molecule has 0 aliphatic heterocycles. The van der Waals surface area contributed by atoms with Crippen LogP contribution >= 0.6 is 0 Å². The molecule has 5 heteroatoms. The van der Waals surface area contributed by atoms with Crippen molar-refractivity contribution in [1.29, 1.82) is 0 Å². The first-order chi connectivity index (χ1) is 9.62. The zero-order chi connectivity index (χ0) is 15.0. The standard InChI is InChI=1S/C15H23NO4/c1-4-12(17)8-9-16-15(18)11-6-7-13(20-5-2)14(10-11)19-3/h6-7,10,12,17H,4-5,8-9H2,1-3H3,(H,16,18). The molecule has 5 nitrogen and oxygen atoms in total. The Balaban J connectivity index is 2.64. The van der Waals surface area contributed by atoms with Gasteiger partial charge in [0.25, 0.3) is 5.91 Å². The first-order valence-electron chi connectivity index (χ1n) is 6.89. The lowest BCUT2D eigenvalue weighted by molar-refractivity contribution is 0.0941. The van der Waals surface area contributed by atoms with E-state index in [1.807, 2.05) is 13.8 Å². The minimum Gasteiger partial charge on any atom is -0.493 e. The number of nitrogens with one attached hydrogen (secondary N) is 1. The van der Waals surface area contributed by atoms with E-state index < -0.39 is 0 Å². The number of methoxy groups -OCH3 is 1. The Morgan fingerprint density at radius 3 is 2.70 bits per heavy atom. The van der Waals surface area contributed by atoms with E-state index in [0.717, 1.165) is 0 Å². The maximum absolute atomic E-state index is 12.0. The van der Waals surface area contributed by atoms with Gasteiger partial charge in [0.2, 0.25) is 0 Å². The highest BCUT2D eigenvalue weighted by atomic mass is 16.5. The fourth-order valence-corrected chi connectivity index (χ4v) is 1.74. The molecule has 0 saturated heterocycles. The highest BCUT2D eigenvalue weighted by Gasteiger charge is 2.11. The van der Waals surface area contributed by atoms with Gasteiger partial charge >= 0.3 is 0 Å². The molecule has 0 fully saturated rings. The Labute approximate surface area is 119 Å². The molecule has 0 bridgehead atoms. The maximum atomic E-state index is 12.0. The van der Waals surface area contributed by atoms with Crippen LogP contribution in [0.3, 0.4) is 0 Å². The molecule has 0 heterocycles. The smallest absolute Gasteiger partial charge is 0.251 e. The van der Waals surface area contributed by atoms with E-state index in [2.05, 4.69) is 5.32 Å². The fourth-order valence-electron chi connectivity index (χ4n) is 1.74. The number of carbonyl (C=O) groups excluding carboxylic acids is 1. The lowest BCUT2D eigenvalue weighted by Gasteiger charge is -2.12. The average molecular weight is 281 g/mol. The molecule has 1 aromatic carbocycles. The summed E-state index contributed by atoms with van der Waals surface area (Å²) in [5.41, 5.74) is 0.510. The van der Waals surface area contributed by atoms with Crippen molar-refractivity contribution in [1.82, 2.24) is 5.32 Å². The Bertz CT molecular complexity index is 434. The predicted octanol–water partition coefficient (Wildman–Crippen LogP) is 1.98. The van der Waals surface area contributed by atoms with Crippen LogP contribution in [0.15, 0.2) is 18.2 Å². The van der Waals surface area contributed by atoms with E-state index in [4.69, 9.17) is 9.47 Å². The summed E-state index contributed by atoms with van der Waals surface area (Å²) in [7, 11) is 1.54. The molecule has 2 N–H and O–H groups in total. The van der Waals surface area contributed by atoms with Gasteiger partial charge in [-0.15, -0.1) is 0 Å². The first-order valence-corrected chi connectivity index (χ1v) is 6.89. The van der Waals surface area contributed by atoms with Crippen molar-refractivity contribution < 1.29 is 19.4 Å². The monoisotopic (exact) mass is 281 g/mol. The third kappa shape index (κ3) is 4.74. The summed E-state index contributed by atoms with van der Waals surface area (Å²) < 4.78 is 10.6. The minimum atomic E-state index is -0.370. The molecule has 0 aliphatic carbocycles. The second-order valence-corrected chi connectivity index (χ2v) is 4.41. The zero-order valence-corrected chi connectivity index (χ0v) is 12.3. The molecule has 1 unspecified atom stereocenters. The number of hydrogen-bond donors (Lipinski definition) is 2. The number of aliphatic hydroxyl groups excluding tert-OH is 1. The topological polar surface area (TPSA) is 67.8 Å². The van der Waals surface area contributed by atoms with E-state index in [-0.39, 0.29) is 12.0 Å². The maximum Gasteiger partial charge on any atom is 0.251 e. The van der Waals surface area contributed by atoms with Crippen molar-refractivity contribution in [3.63, 3.8) is 0 Å². The number of hydrogen-bond acceptors (Lipinski definition) is 4. The van der Waals surface area contributed by atoms with Crippen LogP contribution in [-0.4, -0.2) is 37.4 Å². The Hall–Kier alpha value is -1.75. The van der Waals surface area contributed by atoms with Crippen LogP contribution in [0.1, 0.15) is 37.0 Å². The van der Waals surface area contributed by atoms with E-state index in [0.29, 0.717) is 43.1 Å². The lowest BCUT2D eigenvalue weighted by Crippen LogP contribution is -2.27. The third-order valence-corrected chi connectivity index (χ3v) is 2.96. The molecule has 1 atom stereocenters. The molecule has 1 aromatic rings. The van der Waals surface area contributed by atoms with Gasteiger partial charge in [0.15, 0.2) is 11.5 Å². The van der Waals surface area contributed by atoms with Crippen molar-refractivity contribution in [2.75, 3.05) is 20.3 Å². The second-order valence-electron chi connectivity index (χ2n) is 4.41. The number of rotatable bonds is 8. The first kappa shape index (κ1) is 16.3.